The average Bonchev–Trinajstić information content (AvgIpc) is 3.07. The van der Waals surface area contributed by atoms with E-state index in [9.17, 15) is 25.2 Å². The van der Waals surface area contributed by atoms with E-state index in [1.54, 1.807) is 0 Å². The lowest BCUT2D eigenvalue weighted by molar-refractivity contribution is -0.132. The van der Waals surface area contributed by atoms with E-state index in [0.717, 1.165) is 38.5 Å². The molecule has 0 unspecified atom stereocenters. The van der Waals surface area contributed by atoms with Gasteiger partial charge < -0.3 is 25.7 Å². The molecule has 0 saturated carbocycles. The smallest absolute Gasteiger partial charge is 0.249 e. The molecule has 0 aromatic heterocycles. The van der Waals surface area contributed by atoms with Crippen molar-refractivity contribution >= 4 is 5.91 Å². The topological polar surface area (TPSA) is 110 Å². The molecule has 0 rings (SSSR count). The van der Waals surface area contributed by atoms with Crippen LogP contribution in [0.15, 0.2) is 0 Å². The van der Waals surface area contributed by atoms with Gasteiger partial charge in [-0.3, -0.25) is 4.79 Å². The van der Waals surface area contributed by atoms with Crippen molar-refractivity contribution in [3.05, 3.63) is 0 Å². The lowest BCUT2D eigenvalue weighted by Gasteiger charge is -2.27. The van der Waals surface area contributed by atoms with Crippen molar-refractivity contribution in [2.24, 2.45) is 0 Å². The minimum absolute atomic E-state index is 0.375. The van der Waals surface area contributed by atoms with Crippen LogP contribution in [-0.2, 0) is 4.79 Å². The summed E-state index contributed by atoms with van der Waals surface area (Å²) in [7, 11) is 0. The van der Waals surface area contributed by atoms with Gasteiger partial charge in [-0.2, -0.15) is 0 Å². The zero-order valence-corrected chi connectivity index (χ0v) is 31.5. The summed E-state index contributed by atoms with van der Waals surface area (Å²) in [6.07, 6.45) is 37.0. The Labute approximate surface area is 292 Å². The molecule has 0 aromatic carbocycles. The van der Waals surface area contributed by atoms with Gasteiger partial charge in [-0.1, -0.05) is 213 Å². The van der Waals surface area contributed by atoms with Crippen LogP contribution in [0, 0.1) is 0 Å². The Morgan fingerprint density at radius 3 is 1.02 bits per heavy atom. The quantitative estimate of drug-likeness (QED) is 0.0420. The van der Waals surface area contributed by atoms with Gasteiger partial charge in [0, 0.05) is 0 Å². The van der Waals surface area contributed by atoms with Crippen LogP contribution in [0.2, 0.25) is 0 Å². The molecule has 47 heavy (non-hydrogen) atoms. The van der Waals surface area contributed by atoms with E-state index < -0.39 is 36.9 Å². The van der Waals surface area contributed by atoms with Crippen molar-refractivity contribution in [1.82, 2.24) is 5.32 Å². The number of rotatable bonds is 38. The van der Waals surface area contributed by atoms with E-state index in [1.807, 2.05) is 0 Å². The third-order valence-corrected chi connectivity index (χ3v) is 10.1. The van der Waals surface area contributed by atoms with Gasteiger partial charge >= 0.3 is 0 Å². The van der Waals surface area contributed by atoms with Gasteiger partial charge in [0.25, 0.3) is 0 Å². The van der Waals surface area contributed by atoms with E-state index in [2.05, 4.69) is 19.2 Å². The van der Waals surface area contributed by atoms with Gasteiger partial charge in [0.05, 0.1) is 18.8 Å². The zero-order valence-electron chi connectivity index (χ0n) is 31.5. The van der Waals surface area contributed by atoms with Crippen LogP contribution in [0.5, 0.6) is 0 Å². The molecule has 5 N–H and O–H groups in total. The molecule has 0 radical (unpaired) electrons. The first kappa shape index (κ1) is 46.3. The molecule has 0 aliphatic heterocycles. The molecule has 0 bridgehead atoms. The number of nitrogens with one attached hydrogen (secondary N) is 1. The molecule has 6 heteroatoms. The van der Waals surface area contributed by atoms with Crippen molar-refractivity contribution in [2.75, 3.05) is 6.61 Å². The van der Waals surface area contributed by atoms with Crippen molar-refractivity contribution in [1.29, 1.82) is 0 Å². The summed E-state index contributed by atoms with van der Waals surface area (Å²) < 4.78 is 0. The molecule has 282 valence electrons. The third-order valence-electron chi connectivity index (χ3n) is 10.1. The fourth-order valence-corrected chi connectivity index (χ4v) is 6.70. The van der Waals surface area contributed by atoms with E-state index in [-0.39, 0.29) is 0 Å². The van der Waals surface area contributed by atoms with E-state index in [4.69, 9.17) is 0 Å². The molecule has 6 nitrogen and oxygen atoms in total. The third kappa shape index (κ3) is 31.1. The van der Waals surface area contributed by atoms with Crippen molar-refractivity contribution < 1.29 is 25.2 Å². The Balaban J connectivity index is 3.70. The molecule has 4 atom stereocenters. The fourth-order valence-electron chi connectivity index (χ4n) is 6.70. The molecule has 0 saturated heterocycles. The first-order valence-corrected chi connectivity index (χ1v) is 20.9. The number of hydrogen-bond donors (Lipinski definition) is 5. The van der Waals surface area contributed by atoms with E-state index >= 15 is 0 Å². The van der Waals surface area contributed by atoms with Crippen LogP contribution in [-0.4, -0.2) is 57.3 Å². The number of amides is 1. The Morgan fingerprint density at radius 2 is 0.723 bits per heavy atom. The number of unbranched alkanes of at least 4 members (excludes halogenated alkanes) is 29. The molecule has 0 aliphatic carbocycles. The number of aliphatic hydroxyl groups excluding tert-OH is 4. The molecular formula is C41H83NO5. The maximum atomic E-state index is 12.5. The molecule has 0 fully saturated rings. The summed E-state index contributed by atoms with van der Waals surface area (Å²) in [6.45, 7) is 4.05. The van der Waals surface area contributed by atoms with Crippen molar-refractivity contribution in [3.63, 3.8) is 0 Å². The van der Waals surface area contributed by atoms with Crippen LogP contribution in [0.25, 0.3) is 0 Å². The molecule has 1 amide bonds. The number of hydrogen-bond acceptors (Lipinski definition) is 5. The van der Waals surface area contributed by atoms with Crippen molar-refractivity contribution in [2.45, 2.75) is 250 Å². The Bertz CT molecular complexity index is 633. The number of carbonyl (C=O) groups excluding carboxylic acids is 1. The highest BCUT2D eigenvalue weighted by Crippen LogP contribution is 2.17. The summed E-state index contributed by atoms with van der Waals surface area (Å²) >= 11 is 0. The summed E-state index contributed by atoms with van der Waals surface area (Å²) in [6, 6.07) is -0.977. The minimum Gasteiger partial charge on any atom is -0.394 e. The van der Waals surface area contributed by atoms with Gasteiger partial charge in [0.1, 0.15) is 12.2 Å². The Morgan fingerprint density at radius 1 is 0.447 bits per heavy atom. The first-order valence-electron chi connectivity index (χ1n) is 20.9. The summed E-state index contributed by atoms with van der Waals surface area (Å²) in [4.78, 5) is 12.5. The van der Waals surface area contributed by atoms with Crippen LogP contribution >= 0.6 is 0 Å². The maximum Gasteiger partial charge on any atom is 0.249 e. The highest BCUT2D eigenvalue weighted by atomic mass is 16.3. The molecule has 0 aromatic rings. The van der Waals surface area contributed by atoms with Crippen LogP contribution < -0.4 is 5.32 Å². The SMILES string of the molecule is CCCCCCCCCCCCCCCCCCCCC[C@@H](O)C(=O)N[C@@H](CO)[C@H](O)[C@H](O)CCCCCCCCCCCCCC. The zero-order chi connectivity index (χ0) is 34.6. The van der Waals surface area contributed by atoms with Gasteiger partial charge in [-0.05, 0) is 12.8 Å². The summed E-state index contributed by atoms with van der Waals surface area (Å²) in [5.74, 6) is -0.580. The second kappa shape index (κ2) is 36.6. The maximum absolute atomic E-state index is 12.5. The van der Waals surface area contributed by atoms with Gasteiger partial charge in [-0.25, -0.2) is 0 Å². The lowest BCUT2D eigenvalue weighted by atomic mass is 9.99. The van der Waals surface area contributed by atoms with Gasteiger partial charge in [0.15, 0.2) is 0 Å². The lowest BCUT2D eigenvalue weighted by Crippen LogP contribution is -2.53. The van der Waals surface area contributed by atoms with Crippen LogP contribution in [0.3, 0.4) is 0 Å². The molecular weight excluding hydrogens is 586 g/mol. The normalized spacial score (nSPS) is 14.3. The van der Waals surface area contributed by atoms with E-state index in [1.165, 1.54) is 161 Å². The fraction of sp³-hybridized carbons (Fsp3) is 0.976. The molecule has 0 aliphatic rings. The highest BCUT2D eigenvalue weighted by Gasteiger charge is 2.28. The van der Waals surface area contributed by atoms with Crippen LogP contribution in [0.1, 0.15) is 226 Å². The predicted molar refractivity (Wildman–Crippen MR) is 201 cm³/mol. The van der Waals surface area contributed by atoms with Gasteiger partial charge in [-0.15, -0.1) is 0 Å². The summed E-state index contributed by atoms with van der Waals surface area (Å²) in [5.41, 5.74) is 0. The second-order valence-electron chi connectivity index (χ2n) is 14.7. The molecule has 0 spiro atoms. The minimum atomic E-state index is -1.25. The summed E-state index contributed by atoms with van der Waals surface area (Å²) in [5, 5.41) is 43.6. The predicted octanol–water partition coefficient (Wildman–Crippen LogP) is 10.5. The first-order chi connectivity index (χ1) is 23.0. The molecule has 0 heterocycles. The van der Waals surface area contributed by atoms with Gasteiger partial charge in [0.2, 0.25) is 5.91 Å². The number of carbonyl (C=O) groups is 1. The highest BCUT2D eigenvalue weighted by molar-refractivity contribution is 5.80. The average molecular weight is 670 g/mol. The van der Waals surface area contributed by atoms with Crippen LogP contribution in [0.4, 0.5) is 0 Å². The monoisotopic (exact) mass is 670 g/mol. The Kier molecular flexibility index (Phi) is 36.0. The largest absolute Gasteiger partial charge is 0.394 e. The Hall–Kier alpha value is -0.690. The standard InChI is InChI=1S/C41H83NO5/c1-3-5-7-9-11-13-15-17-18-19-20-21-22-23-25-27-29-31-33-35-39(45)41(47)42-37(36-43)40(46)38(44)34-32-30-28-26-24-16-14-12-10-8-6-4-2/h37-40,43-46H,3-36H2,1-2H3,(H,42,47)/t37-,38+,39+,40-/m0/s1. The van der Waals surface area contributed by atoms with E-state index in [0.29, 0.717) is 12.8 Å². The second-order valence-corrected chi connectivity index (χ2v) is 14.7. The number of aliphatic hydroxyl groups is 4. The van der Waals surface area contributed by atoms with Crippen molar-refractivity contribution in [3.8, 4) is 0 Å².